The van der Waals surface area contributed by atoms with Crippen molar-refractivity contribution in [1.82, 2.24) is 0 Å². The molecule has 0 amide bonds. The summed E-state index contributed by atoms with van der Waals surface area (Å²) < 4.78 is 23.9. The molecule has 0 aliphatic carbocycles. The Balaban J connectivity index is 2.82. The molecule has 0 aliphatic rings. The largest absolute Gasteiger partial charge is 0.392 e. The minimum atomic E-state index is -2.35. The van der Waals surface area contributed by atoms with Gasteiger partial charge < -0.3 is 5.11 Å². The highest BCUT2D eigenvalue weighted by Crippen LogP contribution is 2.12. The van der Waals surface area contributed by atoms with Gasteiger partial charge in [-0.25, -0.2) is 8.78 Å². The SMILES string of the molecule is OCc1ccccc1CC(F)F. The number of hydrogen-bond acceptors (Lipinski definition) is 1. The summed E-state index contributed by atoms with van der Waals surface area (Å²) in [4.78, 5) is 0. The topological polar surface area (TPSA) is 20.2 Å². The van der Waals surface area contributed by atoms with E-state index in [-0.39, 0.29) is 13.0 Å². The minimum Gasteiger partial charge on any atom is -0.392 e. The fourth-order valence-electron chi connectivity index (χ4n) is 1.08. The fraction of sp³-hybridized carbons (Fsp3) is 0.333. The molecule has 1 aromatic carbocycles. The maximum atomic E-state index is 12.0. The summed E-state index contributed by atoms with van der Waals surface area (Å²) in [5.74, 6) is 0. The fourth-order valence-corrected chi connectivity index (χ4v) is 1.08. The number of alkyl halides is 2. The van der Waals surface area contributed by atoms with E-state index in [9.17, 15) is 8.78 Å². The van der Waals surface area contributed by atoms with Crippen molar-refractivity contribution in [2.45, 2.75) is 19.5 Å². The first-order valence-electron chi connectivity index (χ1n) is 3.70. The lowest BCUT2D eigenvalue weighted by Gasteiger charge is -2.05. The van der Waals surface area contributed by atoms with E-state index in [1.165, 1.54) is 0 Å². The number of aliphatic hydroxyl groups excluding tert-OH is 1. The van der Waals surface area contributed by atoms with Crippen LogP contribution < -0.4 is 0 Å². The van der Waals surface area contributed by atoms with Crippen LogP contribution in [-0.4, -0.2) is 11.5 Å². The molecule has 1 nitrogen and oxygen atoms in total. The Morgan fingerprint density at radius 3 is 2.25 bits per heavy atom. The molecule has 1 aromatic rings. The lowest BCUT2D eigenvalue weighted by molar-refractivity contribution is 0.148. The van der Waals surface area contributed by atoms with Crippen molar-refractivity contribution >= 4 is 0 Å². The first-order valence-corrected chi connectivity index (χ1v) is 3.70. The normalized spacial score (nSPS) is 10.7. The van der Waals surface area contributed by atoms with Crippen LogP contribution in [0.15, 0.2) is 24.3 Å². The highest BCUT2D eigenvalue weighted by atomic mass is 19.3. The summed E-state index contributed by atoms with van der Waals surface area (Å²) in [5, 5.41) is 8.79. The monoisotopic (exact) mass is 172 g/mol. The van der Waals surface area contributed by atoms with E-state index in [4.69, 9.17) is 5.11 Å². The Labute approximate surface area is 69.7 Å². The molecule has 0 unspecified atom stereocenters. The van der Waals surface area contributed by atoms with Gasteiger partial charge in [-0.05, 0) is 11.1 Å². The van der Waals surface area contributed by atoms with Gasteiger partial charge in [0.15, 0.2) is 0 Å². The lowest BCUT2D eigenvalue weighted by Crippen LogP contribution is -2.00. The van der Waals surface area contributed by atoms with E-state index in [1.807, 2.05) is 0 Å². The number of hydrogen-bond donors (Lipinski definition) is 1. The Morgan fingerprint density at radius 2 is 1.75 bits per heavy atom. The maximum Gasteiger partial charge on any atom is 0.242 e. The van der Waals surface area contributed by atoms with Gasteiger partial charge in [0, 0.05) is 6.42 Å². The summed E-state index contributed by atoms with van der Waals surface area (Å²) in [6.07, 6.45) is -2.63. The minimum absolute atomic E-state index is 0.178. The predicted octanol–water partition coefficient (Wildman–Crippen LogP) is 1.99. The Bertz CT molecular complexity index is 248. The number of halogens is 2. The molecule has 0 radical (unpaired) electrons. The van der Waals surface area contributed by atoms with E-state index < -0.39 is 6.43 Å². The molecular formula is C9H10F2O. The molecule has 0 heterocycles. The summed E-state index contributed by atoms with van der Waals surface area (Å²) >= 11 is 0. The van der Waals surface area contributed by atoms with Crippen LogP contribution >= 0.6 is 0 Å². The van der Waals surface area contributed by atoms with Crippen molar-refractivity contribution < 1.29 is 13.9 Å². The van der Waals surface area contributed by atoms with Crippen LogP contribution in [0.1, 0.15) is 11.1 Å². The molecule has 0 aromatic heterocycles. The molecule has 66 valence electrons. The van der Waals surface area contributed by atoms with Gasteiger partial charge in [0.05, 0.1) is 6.61 Å². The third kappa shape index (κ3) is 2.27. The van der Waals surface area contributed by atoms with Gasteiger partial charge in [-0.1, -0.05) is 24.3 Å². The van der Waals surface area contributed by atoms with Crippen molar-refractivity contribution in [1.29, 1.82) is 0 Å². The Hall–Kier alpha value is -0.960. The number of aliphatic hydroxyl groups is 1. The van der Waals surface area contributed by atoms with Crippen LogP contribution in [0.4, 0.5) is 8.78 Å². The molecule has 0 saturated heterocycles. The van der Waals surface area contributed by atoms with Crippen molar-refractivity contribution in [3.63, 3.8) is 0 Å². The Morgan fingerprint density at radius 1 is 1.17 bits per heavy atom. The first-order chi connectivity index (χ1) is 5.74. The van der Waals surface area contributed by atoms with Crippen molar-refractivity contribution in [3.05, 3.63) is 35.4 Å². The molecule has 1 rings (SSSR count). The quantitative estimate of drug-likeness (QED) is 0.739. The zero-order valence-corrected chi connectivity index (χ0v) is 6.50. The van der Waals surface area contributed by atoms with Gasteiger partial charge in [0.25, 0.3) is 0 Å². The maximum absolute atomic E-state index is 12.0. The average molecular weight is 172 g/mol. The van der Waals surface area contributed by atoms with Crippen LogP contribution in [0.25, 0.3) is 0 Å². The predicted molar refractivity (Wildman–Crippen MR) is 42.1 cm³/mol. The van der Waals surface area contributed by atoms with Crippen LogP contribution in [-0.2, 0) is 13.0 Å². The molecular weight excluding hydrogens is 162 g/mol. The average Bonchev–Trinajstić information content (AvgIpc) is 2.04. The van der Waals surface area contributed by atoms with Crippen LogP contribution in [0.5, 0.6) is 0 Å². The van der Waals surface area contributed by atoms with Crippen LogP contribution in [0, 0.1) is 0 Å². The molecule has 12 heavy (non-hydrogen) atoms. The van der Waals surface area contributed by atoms with Crippen molar-refractivity contribution in [2.24, 2.45) is 0 Å². The molecule has 3 heteroatoms. The molecule has 0 fully saturated rings. The smallest absolute Gasteiger partial charge is 0.242 e. The van der Waals surface area contributed by atoms with Crippen molar-refractivity contribution in [3.8, 4) is 0 Å². The molecule has 0 spiro atoms. The molecule has 0 saturated carbocycles. The third-order valence-electron chi connectivity index (χ3n) is 1.66. The van der Waals surface area contributed by atoms with Crippen molar-refractivity contribution in [2.75, 3.05) is 0 Å². The van der Waals surface area contributed by atoms with Crippen LogP contribution in [0.3, 0.4) is 0 Å². The highest BCUT2D eigenvalue weighted by molar-refractivity contribution is 5.26. The lowest BCUT2D eigenvalue weighted by atomic mass is 10.1. The van der Waals surface area contributed by atoms with Crippen LogP contribution in [0.2, 0.25) is 0 Å². The van der Waals surface area contributed by atoms with Gasteiger partial charge in [-0.3, -0.25) is 0 Å². The highest BCUT2D eigenvalue weighted by Gasteiger charge is 2.07. The Kier molecular flexibility index (Phi) is 3.17. The van der Waals surface area contributed by atoms with Gasteiger partial charge >= 0.3 is 0 Å². The second kappa shape index (κ2) is 4.16. The number of benzene rings is 1. The standard InChI is InChI=1S/C9H10F2O/c10-9(11)5-7-3-1-2-4-8(7)6-12/h1-4,9,12H,5-6H2. The van der Waals surface area contributed by atoms with E-state index >= 15 is 0 Å². The zero-order valence-electron chi connectivity index (χ0n) is 6.50. The summed E-state index contributed by atoms with van der Waals surface area (Å²) in [6, 6.07) is 6.67. The molecule has 0 aliphatic heterocycles. The van der Waals surface area contributed by atoms with E-state index in [0.717, 1.165) is 0 Å². The second-order valence-electron chi connectivity index (χ2n) is 2.52. The van der Waals surface area contributed by atoms with Gasteiger partial charge in [0.1, 0.15) is 0 Å². The van der Waals surface area contributed by atoms with Gasteiger partial charge in [0.2, 0.25) is 6.43 Å². The van der Waals surface area contributed by atoms with Gasteiger partial charge in [-0.15, -0.1) is 0 Å². The molecule has 1 N–H and O–H groups in total. The van der Waals surface area contributed by atoms with E-state index in [1.54, 1.807) is 24.3 Å². The third-order valence-corrected chi connectivity index (χ3v) is 1.66. The zero-order chi connectivity index (χ0) is 8.97. The van der Waals surface area contributed by atoms with E-state index in [2.05, 4.69) is 0 Å². The first kappa shape index (κ1) is 9.13. The molecule has 0 atom stereocenters. The van der Waals surface area contributed by atoms with Gasteiger partial charge in [-0.2, -0.15) is 0 Å². The molecule has 0 bridgehead atoms. The summed E-state index contributed by atoms with van der Waals surface area (Å²) in [6.45, 7) is -0.178. The summed E-state index contributed by atoms with van der Waals surface area (Å²) in [5.41, 5.74) is 1.10. The number of rotatable bonds is 3. The van der Waals surface area contributed by atoms with E-state index in [0.29, 0.717) is 11.1 Å². The second-order valence-corrected chi connectivity index (χ2v) is 2.52. The summed E-state index contributed by atoms with van der Waals surface area (Å²) in [7, 11) is 0.